The van der Waals surface area contributed by atoms with Crippen LogP contribution in [0.2, 0.25) is 0 Å². The van der Waals surface area contributed by atoms with E-state index in [9.17, 15) is 24.0 Å². The highest BCUT2D eigenvalue weighted by Gasteiger charge is 2.16. The number of rotatable bonds is 30. The lowest BCUT2D eigenvalue weighted by Crippen LogP contribution is -2.24. The summed E-state index contributed by atoms with van der Waals surface area (Å²) in [5.41, 5.74) is 21.6. The summed E-state index contributed by atoms with van der Waals surface area (Å²) in [6.45, 7) is 9.68. The average molecular weight is 1510 g/mol. The zero-order valence-electron chi connectivity index (χ0n) is 62.8. The molecular weight excluding hydrogens is 1420 g/mol. The number of nitrogens with zero attached hydrogens (tertiary/aromatic N) is 11. The number of hydrogen-bond donors (Lipinski definition) is 11. The number of imidazole rings is 5. The first kappa shape index (κ1) is 81.4. The Morgan fingerprint density at radius 2 is 0.821 bits per heavy atom. The molecule has 0 aliphatic carbocycles. The number of aryl methyl sites for hydroxylation is 9. The number of aromatic nitrogens is 11. The molecule has 0 spiro atoms. The van der Waals surface area contributed by atoms with E-state index in [4.69, 9.17) is 30.8 Å². The third-order valence-corrected chi connectivity index (χ3v) is 18.1. The van der Waals surface area contributed by atoms with E-state index in [2.05, 4.69) is 135 Å². The van der Waals surface area contributed by atoms with E-state index in [1.54, 1.807) is 71.5 Å². The highest BCUT2D eigenvalue weighted by atomic mass is 16.5. The molecular formula is C85H92N18O9. The minimum absolute atomic E-state index is 0.196. The van der Waals surface area contributed by atoms with Gasteiger partial charge in [0.2, 0.25) is 0 Å². The number of carbonyl (C=O) groups excluding carboxylic acids is 5. The second-order valence-corrected chi connectivity index (χ2v) is 26.4. The molecule has 0 atom stereocenters. The summed E-state index contributed by atoms with van der Waals surface area (Å²) < 4.78 is 10.6. The third-order valence-electron chi connectivity index (χ3n) is 18.1. The zero-order chi connectivity index (χ0) is 79.0. The third kappa shape index (κ3) is 24.2. The lowest BCUT2D eigenvalue weighted by Gasteiger charge is -2.11. The normalized spacial score (nSPS) is 11.3. The van der Waals surface area contributed by atoms with Crippen molar-refractivity contribution >= 4 is 98.0 Å². The van der Waals surface area contributed by atoms with E-state index in [0.717, 1.165) is 155 Å². The minimum atomic E-state index is -0.606. The van der Waals surface area contributed by atoms with Crippen LogP contribution in [0, 0.1) is 0 Å². The fourth-order valence-electron chi connectivity index (χ4n) is 12.3. The van der Waals surface area contributed by atoms with Crippen LogP contribution in [0.3, 0.4) is 0 Å². The fourth-order valence-corrected chi connectivity index (χ4v) is 12.3. The van der Waals surface area contributed by atoms with Crippen LogP contribution in [-0.2, 0) is 98.2 Å². The molecule has 112 heavy (non-hydrogen) atoms. The molecule has 0 saturated heterocycles. The summed E-state index contributed by atoms with van der Waals surface area (Å²) in [6, 6.07) is 58.2. The lowest BCUT2D eigenvalue weighted by molar-refractivity contribution is -0.124. The quantitative estimate of drug-likeness (QED) is 0.00862. The molecule has 0 radical (unpaired) electrons. The highest BCUT2D eigenvalue weighted by molar-refractivity contribution is 5.95. The van der Waals surface area contributed by atoms with E-state index < -0.39 is 23.6 Å². The summed E-state index contributed by atoms with van der Waals surface area (Å²) in [7, 11) is 3.86. The van der Waals surface area contributed by atoms with Crippen molar-refractivity contribution in [3.8, 4) is 0 Å². The lowest BCUT2D eigenvalue weighted by atomic mass is 10.1. The van der Waals surface area contributed by atoms with E-state index in [0.29, 0.717) is 24.0 Å². The van der Waals surface area contributed by atoms with Crippen molar-refractivity contribution in [2.45, 2.75) is 97.7 Å². The number of hydrogen-bond acceptors (Lipinski definition) is 17. The van der Waals surface area contributed by atoms with Gasteiger partial charge in [0.15, 0.2) is 0 Å². The molecule has 0 fully saturated rings. The smallest absolute Gasteiger partial charge is 0.267 e. The van der Waals surface area contributed by atoms with Gasteiger partial charge in [0.1, 0.15) is 23.3 Å². The average Bonchev–Trinajstić information content (AvgIpc) is 1.67. The van der Waals surface area contributed by atoms with Gasteiger partial charge in [0, 0.05) is 114 Å². The summed E-state index contributed by atoms with van der Waals surface area (Å²) in [6.07, 6.45) is 25.9. The summed E-state index contributed by atoms with van der Waals surface area (Å²) in [5.74, 6) is 1.30. The van der Waals surface area contributed by atoms with Gasteiger partial charge in [-0.2, -0.15) is 0 Å². The topological polar surface area (TPSA) is 352 Å². The maximum Gasteiger partial charge on any atom is 0.267 e. The summed E-state index contributed by atoms with van der Waals surface area (Å²) >= 11 is 0. The molecule has 11 N–H and O–H groups in total. The number of nitrogens with one attached hydrogen (secondary N) is 7. The molecule has 0 aliphatic heterocycles. The van der Waals surface area contributed by atoms with Crippen LogP contribution in [0.25, 0.3) is 68.4 Å². The number of hydroxylamine groups is 4. The Hall–Kier alpha value is -13.2. The predicted octanol–water partition coefficient (Wildman–Crippen LogP) is 11.2. The van der Waals surface area contributed by atoms with Crippen LogP contribution < -0.4 is 37.9 Å². The van der Waals surface area contributed by atoms with Crippen LogP contribution in [0.5, 0.6) is 0 Å². The first-order valence-corrected chi connectivity index (χ1v) is 36.6. The van der Waals surface area contributed by atoms with E-state index in [1.165, 1.54) is 46.5 Å². The Labute approximate surface area is 647 Å². The first-order valence-electron chi connectivity index (χ1n) is 36.6. The Bertz CT molecular complexity index is 5360. The molecule has 576 valence electrons. The van der Waals surface area contributed by atoms with Crippen LogP contribution in [0.15, 0.2) is 231 Å². The van der Waals surface area contributed by atoms with Crippen LogP contribution >= 0.6 is 0 Å². The Kier molecular flexibility index (Phi) is 30.5. The maximum atomic E-state index is 12.1. The molecule has 7 aromatic carbocycles. The molecule has 0 bridgehead atoms. The molecule has 6 aromatic heterocycles. The molecule has 0 aliphatic rings. The maximum absolute atomic E-state index is 12.1. The summed E-state index contributed by atoms with van der Waals surface area (Å²) in [5, 5.41) is 44.0. The Balaban J connectivity index is 0.000000159. The van der Waals surface area contributed by atoms with Crippen molar-refractivity contribution in [3.05, 3.63) is 299 Å². The second kappa shape index (κ2) is 42.0. The van der Waals surface area contributed by atoms with E-state index in [-0.39, 0.29) is 12.5 Å². The SMILES string of the molecule is CC(C)NCCCn1c(CCc2ccccc2)nc2cc(/C=C/C(=O)NO)ccc21.Cn1c(CNC(=O)c2ccncc2)nc2cc(/C=C/C(=O)NO)ccc21.Cn1c(CNCc2ccccc2)nc2cc(/C=C/C(=O)NO)ccc21.O=C(/C=C/c1ccc2c(c1)nc(CCc1ccccc1)n2CCCn1ccnc1)NO. The van der Waals surface area contributed by atoms with Gasteiger partial charge in [0.05, 0.1) is 63.6 Å². The molecule has 0 saturated carbocycles. The first-order chi connectivity index (χ1) is 54.5. The minimum Gasteiger partial charge on any atom is -0.345 e. The second-order valence-electron chi connectivity index (χ2n) is 26.4. The molecule has 0 unspecified atom stereocenters. The van der Waals surface area contributed by atoms with Crippen molar-refractivity contribution in [2.24, 2.45) is 14.1 Å². The van der Waals surface area contributed by atoms with Gasteiger partial charge >= 0.3 is 0 Å². The number of amides is 5. The van der Waals surface area contributed by atoms with Gasteiger partial charge in [0.25, 0.3) is 29.5 Å². The van der Waals surface area contributed by atoms with Gasteiger partial charge in [-0.3, -0.25) is 49.8 Å². The largest absolute Gasteiger partial charge is 0.345 e. The molecule has 27 nitrogen and oxygen atoms in total. The molecule has 6 heterocycles. The van der Waals surface area contributed by atoms with Gasteiger partial charge in [-0.25, -0.2) is 46.8 Å². The van der Waals surface area contributed by atoms with Gasteiger partial charge < -0.3 is 38.8 Å². The van der Waals surface area contributed by atoms with Crippen LogP contribution in [-0.4, -0.2) is 116 Å². The Morgan fingerprint density at radius 1 is 0.420 bits per heavy atom. The van der Waals surface area contributed by atoms with Crippen LogP contribution in [0.4, 0.5) is 0 Å². The van der Waals surface area contributed by atoms with Crippen molar-refractivity contribution in [3.63, 3.8) is 0 Å². The molecule has 13 rings (SSSR count). The summed E-state index contributed by atoms with van der Waals surface area (Å²) in [4.78, 5) is 83.8. The monoisotopic (exact) mass is 1510 g/mol. The van der Waals surface area contributed by atoms with Crippen molar-refractivity contribution in [2.75, 3.05) is 6.54 Å². The predicted molar refractivity (Wildman–Crippen MR) is 431 cm³/mol. The van der Waals surface area contributed by atoms with Crippen molar-refractivity contribution < 1.29 is 44.8 Å². The number of pyridine rings is 1. The van der Waals surface area contributed by atoms with Gasteiger partial charge in [-0.1, -0.05) is 129 Å². The molecule has 5 amide bonds. The van der Waals surface area contributed by atoms with Crippen molar-refractivity contribution in [1.29, 1.82) is 0 Å². The van der Waals surface area contributed by atoms with Gasteiger partial charge in [-0.15, -0.1) is 0 Å². The van der Waals surface area contributed by atoms with Gasteiger partial charge in [-0.05, 0) is 156 Å². The zero-order valence-corrected chi connectivity index (χ0v) is 62.8. The Morgan fingerprint density at radius 3 is 1.24 bits per heavy atom. The number of benzene rings is 7. The molecule has 27 heteroatoms. The number of carbonyl (C=O) groups is 5. The van der Waals surface area contributed by atoms with Crippen LogP contribution in [0.1, 0.15) is 99.3 Å². The highest BCUT2D eigenvalue weighted by Crippen LogP contribution is 2.25. The fraction of sp³-hybridized carbons (Fsp3) is 0.212. The number of fused-ring (bicyclic) bond motifs is 4. The molecule has 13 aromatic rings. The van der Waals surface area contributed by atoms with E-state index >= 15 is 0 Å². The van der Waals surface area contributed by atoms with Crippen molar-refractivity contribution in [1.82, 2.24) is 90.6 Å². The van der Waals surface area contributed by atoms with E-state index in [1.807, 2.05) is 128 Å². The standard InChI is InChI=1S/C24H25N5O2.C24H30N4O2.C19H20N4O2.C18H17N5O3/c30-24(27-31)12-9-20-7-10-22-21(17-20)26-23(11-8-19-5-2-1-3-6-19)29(22)15-4-14-28-16-13-25-18-28;1-18(2)25-15-6-16-28-22-12-9-20(11-14-24(29)27-30)17-21(22)26-23(28)13-10-19-7-4-3-5-8-19;1-23-17-9-7-14(8-10-19(24)22-25)11-16(17)21-18(23)13-20-12-15-5-3-2-4-6-15;1-23-15-4-2-12(3-5-17(24)22-26)10-14(15)21-16(23)11-20-18(25)13-6-8-19-9-7-13/h1-3,5-7,9-10,12-13,16-18,31H,4,8,11,14-15H2,(H,27,30);3-5,7-9,11-12,14,17-18,25,30H,6,10,13,15-16H2,1-2H3,(H,27,29);2-11,20,25H,12-13H2,1H3,(H,22,24);2-10,26H,11H2,1H3,(H,20,25)(H,22,24)/b12-9+;14-11+;10-8+;5-3+.